The summed E-state index contributed by atoms with van der Waals surface area (Å²) in [6.07, 6.45) is -1.17. The van der Waals surface area contributed by atoms with Crippen molar-refractivity contribution in [2.24, 2.45) is 5.73 Å². The number of carbonyl (C=O) groups is 2. The molecule has 0 saturated carbocycles. The highest BCUT2D eigenvalue weighted by Crippen LogP contribution is 2.32. The van der Waals surface area contributed by atoms with Crippen LogP contribution >= 0.6 is 0 Å². The fourth-order valence-corrected chi connectivity index (χ4v) is 4.37. The molecule has 0 aliphatic heterocycles. The van der Waals surface area contributed by atoms with Crippen molar-refractivity contribution >= 4 is 17.6 Å². The van der Waals surface area contributed by atoms with E-state index in [4.69, 9.17) is 15.2 Å². The first kappa shape index (κ1) is 31.9. The van der Waals surface area contributed by atoms with Crippen LogP contribution in [0, 0.1) is 11.6 Å². The average Bonchev–Trinajstić information content (AvgIpc) is 3.00. The molecule has 0 fully saturated rings. The number of ether oxygens (including phenoxy) is 2. The Morgan fingerprint density at radius 1 is 0.932 bits per heavy atom. The summed E-state index contributed by atoms with van der Waals surface area (Å²) in [6, 6.07) is 20.8. The summed E-state index contributed by atoms with van der Waals surface area (Å²) in [6.45, 7) is 2.01. The fourth-order valence-electron chi connectivity index (χ4n) is 4.37. The highest BCUT2D eigenvalue weighted by Gasteiger charge is 2.23. The number of carboxylic acid groups (broad SMARTS) is 1. The molecule has 1 heterocycles. The molecule has 0 aliphatic rings. The van der Waals surface area contributed by atoms with Gasteiger partial charge in [0.2, 0.25) is 5.91 Å². The third kappa shape index (κ3) is 8.29. The number of aromatic nitrogens is 1. The second-order valence-corrected chi connectivity index (χ2v) is 10.3. The lowest BCUT2D eigenvalue weighted by Crippen LogP contribution is -2.26. The van der Waals surface area contributed by atoms with Crippen LogP contribution in [0.3, 0.4) is 0 Å². The van der Waals surface area contributed by atoms with Gasteiger partial charge in [-0.25, -0.2) is 13.6 Å². The van der Waals surface area contributed by atoms with Crippen molar-refractivity contribution < 1.29 is 33.0 Å². The van der Waals surface area contributed by atoms with E-state index in [9.17, 15) is 23.5 Å². The highest BCUT2D eigenvalue weighted by atomic mass is 19.1. The van der Waals surface area contributed by atoms with E-state index in [1.54, 1.807) is 19.1 Å². The molecule has 0 radical (unpaired) electrons. The number of rotatable bonds is 13. The van der Waals surface area contributed by atoms with Crippen molar-refractivity contribution in [1.29, 1.82) is 0 Å². The molecule has 1 aromatic heterocycles. The zero-order valence-corrected chi connectivity index (χ0v) is 24.6. The summed E-state index contributed by atoms with van der Waals surface area (Å²) in [5, 5.41) is 12.2. The zero-order valence-electron chi connectivity index (χ0n) is 24.6. The quantitative estimate of drug-likeness (QED) is 0.184. The maximum atomic E-state index is 14.8. The summed E-state index contributed by atoms with van der Waals surface area (Å²) >= 11 is 0. The molecule has 0 saturated heterocycles. The standard InChI is InChI=1S/C33H34F2N4O5/c1-4-29(33(41)42)44-32-28(35)17-27(34)31(38-32)43-26-14-22(13-24(16-26)23-7-5-6-21(12-23)18-36)19-37-30(40)15-20-8-10-25(11-9-20)39(2)3/h5-14,16-17,29H,4,15,18-19,36H2,1-3H3,(H,37,40)(H,41,42). The Morgan fingerprint density at radius 2 is 1.64 bits per heavy atom. The normalized spacial score (nSPS) is 11.5. The number of nitrogens with one attached hydrogen (secondary N) is 1. The summed E-state index contributed by atoms with van der Waals surface area (Å²) in [4.78, 5) is 29.9. The first-order valence-electron chi connectivity index (χ1n) is 14.0. The van der Waals surface area contributed by atoms with Crippen molar-refractivity contribution in [3.8, 4) is 28.6 Å². The lowest BCUT2D eigenvalue weighted by atomic mass is 10.0. The van der Waals surface area contributed by atoms with Crippen LogP contribution < -0.4 is 25.4 Å². The summed E-state index contributed by atoms with van der Waals surface area (Å²) < 4.78 is 40.1. The molecule has 0 bridgehead atoms. The minimum atomic E-state index is -1.38. The van der Waals surface area contributed by atoms with E-state index >= 15 is 0 Å². The van der Waals surface area contributed by atoms with Crippen LogP contribution in [0.2, 0.25) is 0 Å². The molecular formula is C33H34F2N4O5. The van der Waals surface area contributed by atoms with Crippen LogP contribution in [0.5, 0.6) is 17.5 Å². The van der Waals surface area contributed by atoms with Gasteiger partial charge in [0.25, 0.3) is 11.8 Å². The lowest BCUT2D eigenvalue weighted by Gasteiger charge is -2.15. The smallest absolute Gasteiger partial charge is 0.344 e. The van der Waals surface area contributed by atoms with Gasteiger partial charge in [0, 0.05) is 38.9 Å². The van der Waals surface area contributed by atoms with E-state index < -0.39 is 35.5 Å². The molecule has 44 heavy (non-hydrogen) atoms. The molecule has 1 unspecified atom stereocenters. The molecule has 9 nitrogen and oxygen atoms in total. The molecule has 3 aromatic carbocycles. The van der Waals surface area contributed by atoms with Gasteiger partial charge >= 0.3 is 5.97 Å². The molecule has 4 N–H and O–H groups in total. The topological polar surface area (TPSA) is 127 Å². The highest BCUT2D eigenvalue weighted by molar-refractivity contribution is 5.79. The number of aliphatic carboxylic acids is 1. The van der Waals surface area contributed by atoms with Gasteiger partial charge in [0.15, 0.2) is 17.7 Å². The van der Waals surface area contributed by atoms with Gasteiger partial charge in [-0.05, 0) is 70.6 Å². The van der Waals surface area contributed by atoms with E-state index in [-0.39, 0.29) is 31.0 Å². The Kier molecular flexibility index (Phi) is 10.5. The van der Waals surface area contributed by atoms with Gasteiger partial charge in [0.1, 0.15) is 5.75 Å². The van der Waals surface area contributed by atoms with Gasteiger partial charge in [-0.2, -0.15) is 4.98 Å². The van der Waals surface area contributed by atoms with Crippen LogP contribution in [-0.2, 0) is 29.1 Å². The number of hydrogen-bond donors (Lipinski definition) is 3. The van der Waals surface area contributed by atoms with E-state index in [2.05, 4.69) is 10.3 Å². The average molecular weight is 605 g/mol. The van der Waals surface area contributed by atoms with Gasteiger partial charge in [0.05, 0.1) is 6.42 Å². The number of carboxylic acids is 1. The van der Waals surface area contributed by atoms with Crippen LogP contribution in [-0.4, -0.2) is 42.2 Å². The minimum absolute atomic E-state index is 0.0321. The summed E-state index contributed by atoms with van der Waals surface area (Å²) in [5.41, 5.74) is 10.7. The molecule has 4 aromatic rings. The molecule has 4 rings (SSSR count). The predicted octanol–water partition coefficient (Wildman–Crippen LogP) is 5.44. The van der Waals surface area contributed by atoms with Crippen LogP contribution in [0.25, 0.3) is 11.1 Å². The molecule has 1 atom stereocenters. The minimum Gasteiger partial charge on any atom is -0.479 e. The maximum Gasteiger partial charge on any atom is 0.344 e. The number of halogens is 2. The SMILES string of the molecule is CCC(Oc1nc(Oc2cc(CNC(=O)Cc3ccc(N(C)C)cc3)cc(-c3cccc(CN)c3)c2)c(F)cc1F)C(=O)O. The number of carbonyl (C=O) groups excluding carboxylic acids is 1. The Bertz CT molecular complexity index is 1630. The second-order valence-electron chi connectivity index (χ2n) is 10.3. The maximum absolute atomic E-state index is 14.8. The molecular weight excluding hydrogens is 570 g/mol. The number of anilines is 1. The van der Waals surface area contributed by atoms with Crippen molar-refractivity contribution in [2.45, 2.75) is 39.0 Å². The molecule has 1 amide bonds. The van der Waals surface area contributed by atoms with Crippen LogP contribution in [0.1, 0.15) is 30.0 Å². The van der Waals surface area contributed by atoms with Crippen molar-refractivity contribution in [3.05, 3.63) is 101 Å². The van der Waals surface area contributed by atoms with E-state index in [0.717, 1.165) is 22.4 Å². The van der Waals surface area contributed by atoms with E-state index in [0.29, 0.717) is 23.7 Å². The predicted molar refractivity (Wildman–Crippen MR) is 163 cm³/mol. The monoisotopic (exact) mass is 604 g/mol. The third-order valence-electron chi connectivity index (χ3n) is 6.75. The number of nitrogens with two attached hydrogens (primary N) is 1. The molecule has 0 spiro atoms. The van der Waals surface area contributed by atoms with Gasteiger partial charge < -0.3 is 30.5 Å². The first-order chi connectivity index (χ1) is 21.1. The number of amides is 1. The Balaban J connectivity index is 1.60. The van der Waals surface area contributed by atoms with Crippen LogP contribution in [0.15, 0.2) is 72.8 Å². The first-order valence-corrected chi connectivity index (χ1v) is 14.0. The van der Waals surface area contributed by atoms with Gasteiger partial charge in [-0.3, -0.25) is 4.79 Å². The van der Waals surface area contributed by atoms with E-state index in [1.165, 1.54) is 0 Å². The van der Waals surface area contributed by atoms with Gasteiger partial charge in [-0.1, -0.05) is 37.3 Å². The van der Waals surface area contributed by atoms with Gasteiger partial charge in [-0.15, -0.1) is 0 Å². The van der Waals surface area contributed by atoms with E-state index in [1.807, 2.05) is 73.6 Å². The fraction of sp³-hybridized carbons (Fsp3) is 0.242. The second kappa shape index (κ2) is 14.4. The molecule has 230 valence electrons. The van der Waals surface area contributed by atoms with Crippen LogP contribution in [0.4, 0.5) is 14.5 Å². The third-order valence-corrected chi connectivity index (χ3v) is 6.75. The Hall–Kier alpha value is -5.03. The summed E-state index contributed by atoms with van der Waals surface area (Å²) in [5.74, 6) is -4.94. The van der Waals surface area contributed by atoms with Crippen molar-refractivity contribution in [1.82, 2.24) is 10.3 Å². The zero-order chi connectivity index (χ0) is 31.8. The number of benzene rings is 3. The van der Waals surface area contributed by atoms with Crippen molar-refractivity contribution in [2.75, 3.05) is 19.0 Å². The lowest BCUT2D eigenvalue weighted by molar-refractivity contribution is -0.145. The molecule has 0 aliphatic carbocycles. The Labute approximate surface area is 254 Å². The van der Waals surface area contributed by atoms with Crippen molar-refractivity contribution in [3.63, 3.8) is 0 Å². The summed E-state index contributed by atoms with van der Waals surface area (Å²) in [7, 11) is 3.88. The number of hydrogen-bond acceptors (Lipinski definition) is 7. The Morgan fingerprint density at radius 3 is 2.30 bits per heavy atom. The number of nitrogens with zero attached hydrogens (tertiary/aromatic N) is 2. The molecule has 11 heteroatoms. The largest absolute Gasteiger partial charge is 0.479 e. The number of pyridine rings is 1.